The maximum Gasteiger partial charge on any atom is 0.416 e. The van der Waals surface area contributed by atoms with Gasteiger partial charge in [0.05, 0.1) is 23.9 Å². The van der Waals surface area contributed by atoms with Gasteiger partial charge in [0.15, 0.2) is 0 Å². The quantitative estimate of drug-likeness (QED) is 0.318. The van der Waals surface area contributed by atoms with E-state index in [4.69, 9.17) is 9.84 Å². The van der Waals surface area contributed by atoms with Crippen LogP contribution in [0.15, 0.2) is 60.8 Å². The average molecular weight is 529 g/mol. The molecule has 0 bridgehead atoms. The Morgan fingerprint density at radius 3 is 2.18 bits per heavy atom. The molecular formula is C29H31F3N2O4. The molecule has 1 aromatic heterocycles. The van der Waals surface area contributed by atoms with Crippen molar-refractivity contribution in [2.45, 2.75) is 52.8 Å². The van der Waals surface area contributed by atoms with Crippen LogP contribution >= 0.6 is 0 Å². The first-order valence-corrected chi connectivity index (χ1v) is 12.1. The van der Waals surface area contributed by atoms with E-state index in [0.29, 0.717) is 29.0 Å². The Labute approximate surface area is 219 Å². The monoisotopic (exact) mass is 528 g/mol. The number of carbonyl (C=O) groups excluding carboxylic acids is 1. The van der Waals surface area contributed by atoms with Gasteiger partial charge in [0.25, 0.3) is 5.91 Å². The zero-order valence-electron chi connectivity index (χ0n) is 21.7. The van der Waals surface area contributed by atoms with Crippen LogP contribution in [0.1, 0.15) is 66.8 Å². The van der Waals surface area contributed by atoms with Gasteiger partial charge in [-0.2, -0.15) is 13.2 Å². The highest BCUT2D eigenvalue weighted by Crippen LogP contribution is 2.35. The van der Waals surface area contributed by atoms with E-state index in [1.165, 1.54) is 12.1 Å². The van der Waals surface area contributed by atoms with Gasteiger partial charge < -0.3 is 15.2 Å². The van der Waals surface area contributed by atoms with Gasteiger partial charge in [-0.3, -0.25) is 14.6 Å². The van der Waals surface area contributed by atoms with Gasteiger partial charge in [0.1, 0.15) is 11.9 Å². The maximum absolute atomic E-state index is 12.9. The number of aliphatic carboxylic acids is 1. The van der Waals surface area contributed by atoms with E-state index in [0.717, 1.165) is 23.3 Å². The number of hydrogen-bond acceptors (Lipinski definition) is 4. The lowest BCUT2D eigenvalue weighted by Crippen LogP contribution is -2.26. The number of amides is 1. The van der Waals surface area contributed by atoms with Crippen LogP contribution in [-0.2, 0) is 11.0 Å². The third kappa shape index (κ3) is 8.06. The van der Waals surface area contributed by atoms with E-state index < -0.39 is 17.7 Å². The van der Waals surface area contributed by atoms with Crippen LogP contribution in [0, 0.1) is 12.3 Å². The molecule has 0 radical (unpaired) electrons. The number of carboxylic acid groups (broad SMARTS) is 1. The van der Waals surface area contributed by atoms with Crippen LogP contribution in [0.5, 0.6) is 5.75 Å². The van der Waals surface area contributed by atoms with Gasteiger partial charge in [-0.1, -0.05) is 45.0 Å². The van der Waals surface area contributed by atoms with Gasteiger partial charge in [-0.25, -0.2) is 0 Å². The van der Waals surface area contributed by atoms with E-state index in [9.17, 15) is 22.8 Å². The second-order valence-corrected chi connectivity index (χ2v) is 10.3. The van der Waals surface area contributed by atoms with Crippen molar-refractivity contribution in [2.75, 3.05) is 6.54 Å². The van der Waals surface area contributed by atoms with E-state index in [2.05, 4.69) is 31.1 Å². The molecule has 3 rings (SSSR count). The molecule has 1 heterocycles. The summed E-state index contributed by atoms with van der Waals surface area (Å²) in [5.41, 5.74) is 2.36. The molecule has 6 nitrogen and oxygen atoms in total. The van der Waals surface area contributed by atoms with Crippen LogP contribution in [0.2, 0.25) is 0 Å². The maximum atomic E-state index is 12.9. The van der Waals surface area contributed by atoms with Crippen molar-refractivity contribution in [3.63, 3.8) is 0 Å². The smallest absolute Gasteiger partial charge is 0.416 e. The molecule has 38 heavy (non-hydrogen) atoms. The lowest BCUT2D eigenvalue weighted by atomic mass is 9.86. The normalized spacial score (nSPS) is 12.6. The number of aryl methyl sites for hydroxylation is 1. The molecule has 0 aliphatic rings. The molecule has 9 heteroatoms. The lowest BCUT2D eigenvalue weighted by molar-refractivity contribution is -0.138. The van der Waals surface area contributed by atoms with Gasteiger partial charge in [-0.15, -0.1) is 0 Å². The topological polar surface area (TPSA) is 88.5 Å². The van der Waals surface area contributed by atoms with Crippen LogP contribution in [-0.4, -0.2) is 28.5 Å². The predicted octanol–water partition coefficient (Wildman–Crippen LogP) is 6.84. The fourth-order valence-corrected chi connectivity index (χ4v) is 3.91. The number of nitrogens with zero attached hydrogens (tertiary/aromatic N) is 1. The zero-order chi connectivity index (χ0) is 28.1. The molecule has 0 spiro atoms. The molecule has 202 valence electrons. The van der Waals surface area contributed by atoms with Crippen molar-refractivity contribution in [3.05, 3.63) is 83.0 Å². The minimum atomic E-state index is -4.40. The summed E-state index contributed by atoms with van der Waals surface area (Å²) in [6.45, 7) is 8.13. The molecule has 0 aliphatic carbocycles. The van der Waals surface area contributed by atoms with Crippen molar-refractivity contribution in [1.29, 1.82) is 0 Å². The Balaban J connectivity index is 1.79. The summed E-state index contributed by atoms with van der Waals surface area (Å²) in [7, 11) is 0. The number of alkyl halides is 3. The first kappa shape index (κ1) is 28.7. The number of aromatic nitrogens is 1. The van der Waals surface area contributed by atoms with E-state index in [1.807, 2.05) is 6.92 Å². The predicted molar refractivity (Wildman–Crippen MR) is 138 cm³/mol. The van der Waals surface area contributed by atoms with Crippen molar-refractivity contribution < 1.29 is 32.6 Å². The van der Waals surface area contributed by atoms with E-state index >= 15 is 0 Å². The molecule has 3 aromatic rings. The number of nitrogens with one attached hydrogen (secondary N) is 1. The summed E-state index contributed by atoms with van der Waals surface area (Å²) in [6.07, 6.45) is -2.69. The van der Waals surface area contributed by atoms with E-state index in [-0.39, 0.29) is 30.4 Å². The molecule has 0 fully saturated rings. The number of hydrogen-bond donors (Lipinski definition) is 2. The van der Waals surface area contributed by atoms with Gasteiger partial charge in [0.2, 0.25) is 0 Å². The Morgan fingerprint density at radius 2 is 1.66 bits per heavy atom. The van der Waals surface area contributed by atoms with Crippen molar-refractivity contribution >= 4 is 11.9 Å². The summed E-state index contributed by atoms with van der Waals surface area (Å²) in [5, 5.41) is 11.3. The Hall–Kier alpha value is -3.88. The number of carbonyl (C=O) groups is 2. The standard InChI is InChI=1S/C29H31F3N2O4/c1-18-15-23(17-34-26(18)20-9-11-22(12-10-20)29(30,31)32)38-24(16-28(2,3)4)19-5-7-21(8-6-19)27(37)33-14-13-25(35)36/h5-12,15,17,24H,13-14,16H2,1-4H3,(H,33,37)(H,35,36). The lowest BCUT2D eigenvalue weighted by Gasteiger charge is -2.27. The molecule has 0 saturated heterocycles. The third-order valence-electron chi connectivity index (χ3n) is 5.78. The molecular weight excluding hydrogens is 497 g/mol. The summed E-state index contributed by atoms with van der Waals surface area (Å²) in [4.78, 5) is 27.4. The van der Waals surface area contributed by atoms with Gasteiger partial charge in [0, 0.05) is 17.7 Å². The largest absolute Gasteiger partial charge is 0.484 e. The van der Waals surface area contributed by atoms with Crippen LogP contribution in [0.4, 0.5) is 13.2 Å². The minimum Gasteiger partial charge on any atom is -0.484 e. The Bertz CT molecular complexity index is 1260. The minimum absolute atomic E-state index is 0.0422. The van der Waals surface area contributed by atoms with Crippen LogP contribution in [0.25, 0.3) is 11.3 Å². The third-order valence-corrected chi connectivity index (χ3v) is 5.78. The molecule has 0 saturated carbocycles. The first-order chi connectivity index (χ1) is 17.7. The first-order valence-electron chi connectivity index (χ1n) is 12.1. The Kier molecular flexibility index (Phi) is 8.81. The highest BCUT2D eigenvalue weighted by molar-refractivity contribution is 5.94. The SMILES string of the molecule is Cc1cc(OC(CC(C)(C)C)c2ccc(C(=O)NCCC(=O)O)cc2)cnc1-c1ccc(C(F)(F)F)cc1. The fourth-order valence-electron chi connectivity index (χ4n) is 3.91. The fraction of sp³-hybridized carbons (Fsp3) is 0.345. The highest BCUT2D eigenvalue weighted by atomic mass is 19.4. The summed E-state index contributed by atoms with van der Waals surface area (Å²) in [6, 6.07) is 13.6. The second-order valence-electron chi connectivity index (χ2n) is 10.3. The van der Waals surface area contributed by atoms with Crippen molar-refractivity contribution in [3.8, 4) is 17.0 Å². The number of carboxylic acids is 1. The summed E-state index contributed by atoms with van der Waals surface area (Å²) in [5.74, 6) is -0.826. The molecule has 0 aliphatic heterocycles. The number of rotatable bonds is 9. The average Bonchev–Trinajstić information content (AvgIpc) is 2.82. The van der Waals surface area contributed by atoms with E-state index in [1.54, 1.807) is 36.5 Å². The molecule has 1 atom stereocenters. The number of halogens is 3. The number of ether oxygens (including phenoxy) is 1. The Morgan fingerprint density at radius 1 is 1.03 bits per heavy atom. The molecule has 2 N–H and O–H groups in total. The van der Waals surface area contributed by atoms with Crippen LogP contribution < -0.4 is 10.1 Å². The number of benzene rings is 2. The van der Waals surface area contributed by atoms with Crippen LogP contribution in [0.3, 0.4) is 0 Å². The molecule has 2 aromatic carbocycles. The molecule has 1 unspecified atom stereocenters. The molecule has 1 amide bonds. The second kappa shape index (κ2) is 11.7. The summed E-state index contributed by atoms with van der Waals surface area (Å²) < 4.78 is 45.0. The highest BCUT2D eigenvalue weighted by Gasteiger charge is 2.30. The van der Waals surface area contributed by atoms with Gasteiger partial charge in [-0.05, 0) is 60.2 Å². The zero-order valence-corrected chi connectivity index (χ0v) is 21.7. The summed E-state index contributed by atoms with van der Waals surface area (Å²) >= 11 is 0. The van der Waals surface area contributed by atoms with Crippen molar-refractivity contribution in [1.82, 2.24) is 10.3 Å². The van der Waals surface area contributed by atoms with Crippen molar-refractivity contribution in [2.24, 2.45) is 5.41 Å². The number of pyridine rings is 1. The van der Waals surface area contributed by atoms with Gasteiger partial charge >= 0.3 is 12.1 Å².